The van der Waals surface area contributed by atoms with Crippen LogP contribution in [0, 0.1) is 6.92 Å². The normalized spacial score (nSPS) is 19.3. The highest BCUT2D eigenvalue weighted by Crippen LogP contribution is 2.17. The topological polar surface area (TPSA) is 41.0 Å². The SMILES string of the molecule is CC(C)=CCN[C@H]1CCCN(c2ccc(C)nn2)C1. The molecule has 1 atom stereocenters. The van der Waals surface area contributed by atoms with E-state index < -0.39 is 0 Å². The zero-order chi connectivity index (χ0) is 13.7. The summed E-state index contributed by atoms with van der Waals surface area (Å²) in [6.07, 6.45) is 4.69. The lowest BCUT2D eigenvalue weighted by molar-refractivity contribution is 0.435. The number of hydrogen-bond acceptors (Lipinski definition) is 4. The molecule has 0 aliphatic carbocycles. The van der Waals surface area contributed by atoms with E-state index in [0.717, 1.165) is 31.1 Å². The molecule has 104 valence electrons. The monoisotopic (exact) mass is 260 g/mol. The highest BCUT2D eigenvalue weighted by atomic mass is 15.3. The summed E-state index contributed by atoms with van der Waals surface area (Å²) in [5.74, 6) is 0.999. The Labute approximate surface area is 115 Å². The molecular formula is C15H24N4. The summed E-state index contributed by atoms with van der Waals surface area (Å²) in [5.41, 5.74) is 2.34. The first-order valence-corrected chi connectivity index (χ1v) is 7.07. The third-order valence-electron chi connectivity index (χ3n) is 3.45. The van der Waals surface area contributed by atoms with Crippen molar-refractivity contribution in [1.82, 2.24) is 15.5 Å². The quantitative estimate of drug-likeness (QED) is 0.844. The van der Waals surface area contributed by atoms with Crippen LogP contribution in [0.4, 0.5) is 5.82 Å². The predicted molar refractivity (Wildman–Crippen MR) is 79.4 cm³/mol. The molecule has 0 aromatic carbocycles. The molecule has 1 aliphatic heterocycles. The molecule has 1 aromatic rings. The maximum absolute atomic E-state index is 4.28. The molecule has 0 amide bonds. The average Bonchev–Trinajstić information content (AvgIpc) is 2.39. The first kappa shape index (κ1) is 14.0. The van der Waals surface area contributed by atoms with Crippen molar-refractivity contribution in [2.24, 2.45) is 0 Å². The zero-order valence-electron chi connectivity index (χ0n) is 12.2. The second-order valence-electron chi connectivity index (χ2n) is 5.51. The van der Waals surface area contributed by atoms with Gasteiger partial charge in [-0.15, -0.1) is 5.10 Å². The summed E-state index contributed by atoms with van der Waals surface area (Å²) in [6, 6.07) is 4.65. The molecule has 0 bridgehead atoms. The lowest BCUT2D eigenvalue weighted by atomic mass is 10.1. The Bertz CT molecular complexity index is 420. The Morgan fingerprint density at radius 1 is 1.42 bits per heavy atom. The van der Waals surface area contributed by atoms with Crippen LogP contribution in [0.15, 0.2) is 23.8 Å². The number of rotatable bonds is 4. The van der Waals surface area contributed by atoms with E-state index in [9.17, 15) is 0 Å². The Balaban J connectivity index is 1.89. The van der Waals surface area contributed by atoms with E-state index in [-0.39, 0.29) is 0 Å². The van der Waals surface area contributed by atoms with Crippen LogP contribution in [0.3, 0.4) is 0 Å². The number of hydrogen-bond donors (Lipinski definition) is 1. The van der Waals surface area contributed by atoms with Crippen LogP contribution in [0.1, 0.15) is 32.4 Å². The predicted octanol–water partition coefficient (Wildman–Crippen LogP) is 2.31. The van der Waals surface area contributed by atoms with Gasteiger partial charge < -0.3 is 10.2 Å². The van der Waals surface area contributed by atoms with Crippen LogP contribution < -0.4 is 10.2 Å². The van der Waals surface area contributed by atoms with Crippen molar-refractivity contribution in [2.75, 3.05) is 24.5 Å². The van der Waals surface area contributed by atoms with Gasteiger partial charge in [0.1, 0.15) is 0 Å². The lowest BCUT2D eigenvalue weighted by Gasteiger charge is -2.33. The number of aromatic nitrogens is 2. The Morgan fingerprint density at radius 2 is 2.26 bits per heavy atom. The average molecular weight is 260 g/mol. The van der Waals surface area contributed by atoms with Gasteiger partial charge in [-0.1, -0.05) is 11.6 Å². The van der Waals surface area contributed by atoms with E-state index in [1.165, 1.54) is 18.4 Å². The van der Waals surface area contributed by atoms with Gasteiger partial charge in [0.05, 0.1) is 5.69 Å². The van der Waals surface area contributed by atoms with E-state index in [4.69, 9.17) is 0 Å². The van der Waals surface area contributed by atoms with Crippen LogP contribution in [-0.2, 0) is 0 Å². The highest BCUT2D eigenvalue weighted by molar-refractivity contribution is 5.38. The molecule has 1 saturated heterocycles. The van der Waals surface area contributed by atoms with E-state index in [1.54, 1.807) is 0 Å². The van der Waals surface area contributed by atoms with Crippen LogP contribution in [-0.4, -0.2) is 35.9 Å². The summed E-state index contributed by atoms with van der Waals surface area (Å²) in [6.45, 7) is 9.30. The molecule has 2 heterocycles. The van der Waals surface area contributed by atoms with Crippen LogP contribution in [0.2, 0.25) is 0 Å². The van der Waals surface area contributed by atoms with Crippen LogP contribution in [0.5, 0.6) is 0 Å². The number of nitrogens with zero attached hydrogens (tertiary/aromatic N) is 3. The highest BCUT2D eigenvalue weighted by Gasteiger charge is 2.20. The molecule has 1 N–H and O–H groups in total. The minimum atomic E-state index is 0.549. The molecule has 0 radical (unpaired) electrons. The minimum Gasteiger partial charge on any atom is -0.354 e. The van der Waals surface area contributed by atoms with Gasteiger partial charge in [-0.2, -0.15) is 5.10 Å². The second kappa shape index (κ2) is 6.66. The van der Waals surface area contributed by atoms with Gasteiger partial charge in [0, 0.05) is 25.7 Å². The van der Waals surface area contributed by atoms with Crippen molar-refractivity contribution in [2.45, 2.75) is 39.7 Å². The van der Waals surface area contributed by atoms with Gasteiger partial charge in [0.2, 0.25) is 0 Å². The fraction of sp³-hybridized carbons (Fsp3) is 0.600. The van der Waals surface area contributed by atoms with E-state index in [2.05, 4.69) is 46.4 Å². The summed E-state index contributed by atoms with van der Waals surface area (Å²) in [7, 11) is 0. The van der Waals surface area contributed by atoms with Crippen molar-refractivity contribution in [3.05, 3.63) is 29.5 Å². The molecule has 19 heavy (non-hydrogen) atoms. The van der Waals surface area contributed by atoms with Gasteiger partial charge in [-0.25, -0.2) is 0 Å². The number of piperidine rings is 1. The molecule has 2 rings (SSSR count). The van der Waals surface area contributed by atoms with E-state index in [1.807, 2.05) is 13.0 Å². The Morgan fingerprint density at radius 3 is 2.95 bits per heavy atom. The largest absolute Gasteiger partial charge is 0.354 e. The smallest absolute Gasteiger partial charge is 0.151 e. The van der Waals surface area contributed by atoms with Crippen molar-refractivity contribution < 1.29 is 0 Å². The summed E-state index contributed by atoms with van der Waals surface area (Å²) >= 11 is 0. The van der Waals surface area contributed by atoms with Crippen molar-refractivity contribution in [1.29, 1.82) is 0 Å². The van der Waals surface area contributed by atoms with Gasteiger partial charge >= 0.3 is 0 Å². The molecule has 1 fully saturated rings. The number of allylic oxidation sites excluding steroid dienone is 1. The number of nitrogens with one attached hydrogen (secondary N) is 1. The maximum atomic E-state index is 4.28. The van der Waals surface area contributed by atoms with Crippen molar-refractivity contribution >= 4 is 5.82 Å². The van der Waals surface area contributed by atoms with Crippen LogP contribution >= 0.6 is 0 Å². The summed E-state index contributed by atoms with van der Waals surface area (Å²) in [5, 5.41) is 12.0. The standard InChI is InChI=1S/C15H24N4/c1-12(2)8-9-16-14-5-4-10-19(11-14)15-7-6-13(3)17-18-15/h6-8,14,16H,4-5,9-11H2,1-3H3/t14-/m0/s1. The number of aryl methyl sites for hydroxylation is 1. The van der Waals surface area contributed by atoms with Crippen molar-refractivity contribution in [3.63, 3.8) is 0 Å². The fourth-order valence-corrected chi connectivity index (χ4v) is 2.34. The zero-order valence-corrected chi connectivity index (χ0v) is 12.2. The second-order valence-corrected chi connectivity index (χ2v) is 5.51. The third kappa shape index (κ3) is 4.31. The third-order valence-corrected chi connectivity index (χ3v) is 3.45. The first-order chi connectivity index (χ1) is 9.15. The molecular weight excluding hydrogens is 236 g/mol. The van der Waals surface area contributed by atoms with Crippen LogP contribution in [0.25, 0.3) is 0 Å². The summed E-state index contributed by atoms with van der Waals surface area (Å²) in [4.78, 5) is 2.33. The van der Waals surface area contributed by atoms with E-state index >= 15 is 0 Å². The van der Waals surface area contributed by atoms with Gasteiger partial charge in [-0.3, -0.25) is 0 Å². The molecule has 4 nitrogen and oxygen atoms in total. The molecule has 1 aliphatic rings. The molecule has 0 saturated carbocycles. The maximum Gasteiger partial charge on any atom is 0.151 e. The first-order valence-electron chi connectivity index (χ1n) is 7.07. The summed E-state index contributed by atoms with van der Waals surface area (Å²) < 4.78 is 0. The molecule has 0 unspecified atom stereocenters. The number of anilines is 1. The van der Waals surface area contributed by atoms with Gasteiger partial charge in [0.15, 0.2) is 5.82 Å². The lowest BCUT2D eigenvalue weighted by Crippen LogP contribution is -2.46. The Hall–Kier alpha value is -1.42. The fourth-order valence-electron chi connectivity index (χ4n) is 2.34. The molecule has 4 heteroatoms. The molecule has 0 spiro atoms. The molecule has 1 aromatic heterocycles. The van der Waals surface area contributed by atoms with Crippen molar-refractivity contribution in [3.8, 4) is 0 Å². The Kier molecular flexibility index (Phi) is 4.91. The van der Waals surface area contributed by atoms with Gasteiger partial charge in [0.25, 0.3) is 0 Å². The van der Waals surface area contributed by atoms with E-state index in [0.29, 0.717) is 6.04 Å². The van der Waals surface area contributed by atoms with Gasteiger partial charge in [-0.05, 0) is 45.7 Å². The minimum absolute atomic E-state index is 0.549.